The van der Waals surface area contributed by atoms with E-state index >= 15 is 0 Å². The fourth-order valence-electron chi connectivity index (χ4n) is 4.70. The number of phenols is 1. The predicted octanol–water partition coefficient (Wildman–Crippen LogP) is 5.95. The second-order valence-electron chi connectivity index (χ2n) is 9.26. The van der Waals surface area contributed by atoms with Gasteiger partial charge in [0.2, 0.25) is 5.88 Å². The molecule has 2 unspecified atom stereocenters. The standard InChI is InChI=1S/C27H29N3O5/c1-15-10-11-20(12-16(15)2)30-23(31)13-17(3)24(26(30)33)29-28-22-9-5-8-21(25(22)32)18-6-4-7-19(14-18)27(34)35/h5,8-13,18-19,32-33H,4,6-7,14H2,1-3H3,(H,34,35). The average Bonchev–Trinajstić information content (AvgIpc) is 2.82. The van der Waals surface area contributed by atoms with Crippen LogP contribution >= 0.6 is 0 Å². The SMILES string of the molecule is Cc1ccc(-n2c(O)c(N=Nc3cccc(C4CCCC(C(=O)O)C4)c3O)c(C)cc2=O)cc1C. The first kappa shape index (κ1) is 24.2. The van der Waals surface area contributed by atoms with E-state index in [2.05, 4.69) is 10.2 Å². The third-order valence-corrected chi connectivity index (χ3v) is 6.87. The topological polar surface area (TPSA) is 124 Å². The molecule has 1 heterocycles. The van der Waals surface area contributed by atoms with Crippen molar-refractivity contribution in [3.63, 3.8) is 0 Å². The molecule has 1 fully saturated rings. The highest BCUT2D eigenvalue weighted by Gasteiger charge is 2.29. The Balaban J connectivity index is 1.70. The molecule has 4 rings (SSSR count). The fraction of sp³-hybridized carbons (Fsp3) is 0.333. The van der Waals surface area contributed by atoms with E-state index in [1.807, 2.05) is 26.0 Å². The number of pyridine rings is 1. The van der Waals surface area contributed by atoms with Crippen LogP contribution in [-0.4, -0.2) is 25.9 Å². The van der Waals surface area contributed by atoms with Gasteiger partial charge in [-0.15, -0.1) is 10.2 Å². The summed E-state index contributed by atoms with van der Waals surface area (Å²) in [6.45, 7) is 5.55. The van der Waals surface area contributed by atoms with E-state index in [9.17, 15) is 24.9 Å². The van der Waals surface area contributed by atoms with Gasteiger partial charge in [0.05, 0.1) is 11.6 Å². The molecule has 2 aromatic carbocycles. The van der Waals surface area contributed by atoms with E-state index in [1.54, 1.807) is 31.2 Å². The quantitative estimate of drug-likeness (QED) is 0.393. The van der Waals surface area contributed by atoms with Crippen LogP contribution in [0.2, 0.25) is 0 Å². The van der Waals surface area contributed by atoms with Gasteiger partial charge in [0.25, 0.3) is 5.56 Å². The number of aryl methyl sites for hydroxylation is 3. The highest BCUT2D eigenvalue weighted by Crippen LogP contribution is 2.43. The lowest BCUT2D eigenvalue weighted by Gasteiger charge is -2.27. The Morgan fingerprint density at radius 2 is 1.74 bits per heavy atom. The van der Waals surface area contributed by atoms with Crippen LogP contribution in [0.25, 0.3) is 5.69 Å². The highest BCUT2D eigenvalue weighted by molar-refractivity contribution is 5.70. The molecule has 0 amide bonds. The van der Waals surface area contributed by atoms with Crippen LogP contribution < -0.4 is 5.56 Å². The number of nitrogens with zero attached hydrogens (tertiary/aromatic N) is 3. The zero-order valence-electron chi connectivity index (χ0n) is 20.0. The largest absolute Gasteiger partial charge is 0.505 e. The molecule has 0 bridgehead atoms. The number of rotatable bonds is 5. The van der Waals surface area contributed by atoms with Gasteiger partial charge in [-0.2, -0.15) is 0 Å². The van der Waals surface area contributed by atoms with Crippen LogP contribution in [0.15, 0.2) is 57.5 Å². The van der Waals surface area contributed by atoms with Crippen LogP contribution in [0.1, 0.15) is 53.9 Å². The van der Waals surface area contributed by atoms with Gasteiger partial charge in [0, 0.05) is 6.07 Å². The third-order valence-electron chi connectivity index (χ3n) is 6.87. The van der Waals surface area contributed by atoms with Crippen molar-refractivity contribution in [3.8, 4) is 17.3 Å². The Kier molecular flexibility index (Phi) is 6.73. The minimum absolute atomic E-state index is 0.0492. The number of para-hydroxylation sites is 1. The Labute approximate surface area is 203 Å². The Hall–Kier alpha value is -3.94. The number of benzene rings is 2. The van der Waals surface area contributed by atoms with Crippen molar-refractivity contribution in [1.82, 2.24) is 4.57 Å². The highest BCUT2D eigenvalue weighted by atomic mass is 16.4. The first-order valence-electron chi connectivity index (χ1n) is 11.7. The lowest BCUT2D eigenvalue weighted by atomic mass is 9.77. The summed E-state index contributed by atoms with van der Waals surface area (Å²) in [4.78, 5) is 24.1. The number of phenolic OH excluding ortho intramolecular Hbond substituents is 1. The molecular formula is C27H29N3O5. The van der Waals surface area contributed by atoms with Crippen LogP contribution in [0.5, 0.6) is 11.6 Å². The molecule has 2 atom stereocenters. The van der Waals surface area contributed by atoms with Gasteiger partial charge in [0.15, 0.2) is 0 Å². The van der Waals surface area contributed by atoms with Gasteiger partial charge >= 0.3 is 5.97 Å². The number of aromatic hydroxyl groups is 2. The summed E-state index contributed by atoms with van der Waals surface area (Å²) < 4.78 is 1.18. The molecule has 1 aliphatic rings. The van der Waals surface area contributed by atoms with E-state index < -0.39 is 17.4 Å². The maximum absolute atomic E-state index is 12.7. The smallest absolute Gasteiger partial charge is 0.306 e. The summed E-state index contributed by atoms with van der Waals surface area (Å²) in [5, 5.41) is 39.6. The second kappa shape index (κ2) is 9.74. The molecule has 8 heteroatoms. The zero-order valence-corrected chi connectivity index (χ0v) is 20.0. The van der Waals surface area contributed by atoms with Gasteiger partial charge in [0.1, 0.15) is 17.1 Å². The number of carbonyl (C=O) groups is 1. The summed E-state index contributed by atoms with van der Waals surface area (Å²) >= 11 is 0. The molecule has 1 saturated carbocycles. The molecule has 8 nitrogen and oxygen atoms in total. The number of hydrogen-bond acceptors (Lipinski definition) is 6. The number of carboxylic acid groups (broad SMARTS) is 1. The van der Waals surface area contributed by atoms with E-state index in [0.717, 1.165) is 24.0 Å². The third kappa shape index (κ3) is 4.82. The molecule has 35 heavy (non-hydrogen) atoms. The molecule has 0 aliphatic heterocycles. The maximum Gasteiger partial charge on any atom is 0.306 e. The molecule has 182 valence electrons. The summed E-state index contributed by atoms with van der Waals surface area (Å²) in [6, 6.07) is 12.0. The average molecular weight is 476 g/mol. The predicted molar refractivity (Wildman–Crippen MR) is 133 cm³/mol. The van der Waals surface area contributed by atoms with Crippen molar-refractivity contribution < 1.29 is 20.1 Å². The first-order valence-corrected chi connectivity index (χ1v) is 11.7. The van der Waals surface area contributed by atoms with Gasteiger partial charge < -0.3 is 15.3 Å². The molecule has 3 N–H and O–H groups in total. The van der Waals surface area contributed by atoms with Crippen LogP contribution in [0.3, 0.4) is 0 Å². The van der Waals surface area contributed by atoms with Crippen molar-refractivity contribution in [2.45, 2.75) is 52.4 Å². The Morgan fingerprint density at radius 3 is 2.46 bits per heavy atom. The summed E-state index contributed by atoms with van der Waals surface area (Å²) in [6.07, 6.45) is 2.67. The molecule has 1 aromatic heterocycles. The molecule has 0 spiro atoms. The van der Waals surface area contributed by atoms with Crippen LogP contribution in [-0.2, 0) is 4.79 Å². The molecular weight excluding hydrogens is 446 g/mol. The maximum atomic E-state index is 12.7. The number of hydrogen-bond donors (Lipinski definition) is 3. The monoisotopic (exact) mass is 475 g/mol. The number of carboxylic acids is 1. The Morgan fingerprint density at radius 1 is 0.971 bits per heavy atom. The number of azo groups is 1. The van der Waals surface area contributed by atoms with E-state index in [0.29, 0.717) is 29.7 Å². The number of aromatic nitrogens is 1. The van der Waals surface area contributed by atoms with Crippen molar-refractivity contribution in [2.75, 3.05) is 0 Å². The van der Waals surface area contributed by atoms with Crippen molar-refractivity contribution in [1.29, 1.82) is 0 Å². The van der Waals surface area contributed by atoms with Crippen LogP contribution in [0, 0.1) is 26.7 Å². The van der Waals surface area contributed by atoms with Crippen molar-refractivity contribution >= 4 is 17.3 Å². The fourth-order valence-corrected chi connectivity index (χ4v) is 4.70. The second-order valence-corrected chi connectivity index (χ2v) is 9.26. The van der Waals surface area contributed by atoms with Crippen molar-refractivity contribution in [3.05, 3.63) is 75.1 Å². The summed E-state index contributed by atoms with van der Waals surface area (Å²) in [5.74, 6) is -1.71. The minimum Gasteiger partial charge on any atom is -0.505 e. The van der Waals surface area contributed by atoms with Gasteiger partial charge in [-0.25, -0.2) is 4.57 Å². The molecule has 0 radical (unpaired) electrons. The summed E-state index contributed by atoms with van der Waals surface area (Å²) in [5.41, 5.74) is 3.60. The van der Waals surface area contributed by atoms with E-state index in [4.69, 9.17) is 0 Å². The van der Waals surface area contributed by atoms with E-state index in [-0.39, 0.29) is 28.9 Å². The lowest BCUT2D eigenvalue weighted by molar-refractivity contribution is -0.143. The van der Waals surface area contributed by atoms with Gasteiger partial charge in [-0.1, -0.05) is 24.6 Å². The normalized spacial score (nSPS) is 18.1. The molecule has 0 saturated heterocycles. The number of aliphatic carboxylic acids is 1. The van der Waals surface area contributed by atoms with Crippen molar-refractivity contribution in [2.24, 2.45) is 16.1 Å². The van der Waals surface area contributed by atoms with E-state index in [1.165, 1.54) is 10.6 Å². The Bertz CT molecular complexity index is 1380. The van der Waals surface area contributed by atoms with Gasteiger partial charge in [-0.05, 0) is 86.4 Å². The zero-order chi connectivity index (χ0) is 25.3. The lowest BCUT2D eigenvalue weighted by Crippen LogP contribution is -2.21. The minimum atomic E-state index is -0.810. The molecule has 1 aliphatic carbocycles. The van der Waals surface area contributed by atoms with Gasteiger partial charge in [-0.3, -0.25) is 9.59 Å². The molecule has 3 aromatic rings. The van der Waals surface area contributed by atoms with Crippen LogP contribution in [0.4, 0.5) is 11.4 Å². The first-order chi connectivity index (χ1) is 16.7. The summed E-state index contributed by atoms with van der Waals surface area (Å²) in [7, 11) is 0.